The van der Waals surface area contributed by atoms with Gasteiger partial charge in [-0.25, -0.2) is 0 Å². The van der Waals surface area contributed by atoms with Gasteiger partial charge in [0.1, 0.15) is 12.4 Å². The van der Waals surface area contributed by atoms with Crippen LogP contribution in [0.5, 0.6) is 5.75 Å². The van der Waals surface area contributed by atoms with Gasteiger partial charge in [0.05, 0.1) is 0 Å². The molecule has 18 heavy (non-hydrogen) atoms. The van der Waals surface area contributed by atoms with E-state index in [0.29, 0.717) is 12.5 Å². The van der Waals surface area contributed by atoms with Gasteiger partial charge in [-0.2, -0.15) is 0 Å². The molecule has 1 aliphatic rings. The maximum absolute atomic E-state index is 6.05. The molecule has 0 bridgehead atoms. The quantitative estimate of drug-likeness (QED) is 0.825. The lowest BCUT2D eigenvalue weighted by molar-refractivity contribution is 0.303. The van der Waals surface area contributed by atoms with E-state index < -0.39 is 0 Å². The summed E-state index contributed by atoms with van der Waals surface area (Å²) < 4.78 is 5.93. The monoisotopic (exact) mass is 239 g/mol. The van der Waals surface area contributed by atoms with Gasteiger partial charge in [0.15, 0.2) is 0 Å². The molecule has 2 aromatic carbocycles. The van der Waals surface area contributed by atoms with Crippen molar-refractivity contribution < 1.29 is 4.74 Å². The van der Waals surface area contributed by atoms with Gasteiger partial charge in [-0.1, -0.05) is 36.4 Å². The molecule has 1 saturated carbocycles. The summed E-state index contributed by atoms with van der Waals surface area (Å²) in [4.78, 5) is 0. The van der Waals surface area contributed by atoms with Crippen molar-refractivity contribution in [2.24, 2.45) is 0 Å². The highest BCUT2D eigenvalue weighted by atomic mass is 16.5. The summed E-state index contributed by atoms with van der Waals surface area (Å²) >= 11 is 0. The zero-order valence-corrected chi connectivity index (χ0v) is 10.3. The average Bonchev–Trinajstić information content (AvgIpc) is 3.22. The zero-order valence-electron chi connectivity index (χ0n) is 10.3. The Hall–Kier alpha value is -1.96. The normalized spacial score (nSPS) is 14.4. The molecular weight excluding hydrogens is 222 g/mol. The standard InChI is InChI=1S/C16H17NO/c17-14-7-4-8-15(16(14)13-9-10-13)18-11-12-5-2-1-3-6-12/h1-8,13H,9-11,17H2. The molecule has 0 saturated heterocycles. The van der Waals surface area contributed by atoms with Crippen LogP contribution >= 0.6 is 0 Å². The molecule has 0 heterocycles. The van der Waals surface area contributed by atoms with Gasteiger partial charge >= 0.3 is 0 Å². The fourth-order valence-electron chi connectivity index (χ4n) is 2.23. The first-order valence-electron chi connectivity index (χ1n) is 6.39. The van der Waals surface area contributed by atoms with Crippen molar-refractivity contribution in [3.8, 4) is 5.75 Å². The van der Waals surface area contributed by atoms with Crippen LogP contribution in [0.2, 0.25) is 0 Å². The lowest BCUT2D eigenvalue weighted by Crippen LogP contribution is -2.00. The predicted molar refractivity (Wildman–Crippen MR) is 73.6 cm³/mol. The number of nitrogen functional groups attached to an aromatic ring is 1. The van der Waals surface area contributed by atoms with Crippen molar-refractivity contribution >= 4 is 5.69 Å². The Bertz CT molecular complexity index is 532. The molecule has 0 radical (unpaired) electrons. The van der Waals surface area contributed by atoms with Crippen molar-refractivity contribution in [2.45, 2.75) is 25.4 Å². The van der Waals surface area contributed by atoms with E-state index in [1.165, 1.54) is 24.0 Å². The third-order valence-electron chi connectivity index (χ3n) is 3.32. The minimum atomic E-state index is 0.601. The third-order valence-corrected chi connectivity index (χ3v) is 3.32. The molecule has 1 aliphatic carbocycles. The molecule has 3 rings (SSSR count). The van der Waals surface area contributed by atoms with Crippen LogP contribution in [0.25, 0.3) is 0 Å². The van der Waals surface area contributed by atoms with Crippen LogP contribution in [0.4, 0.5) is 5.69 Å². The van der Waals surface area contributed by atoms with E-state index >= 15 is 0 Å². The second kappa shape index (κ2) is 4.73. The molecule has 0 aliphatic heterocycles. The van der Waals surface area contributed by atoms with E-state index in [0.717, 1.165) is 11.4 Å². The highest BCUT2D eigenvalue weighted by Crippen LogP contribution is 2.47. The first kappa shape index (κ1) is 11.1. The molecule has 0 spiro atoms. The number of nitrogens with two attached hydrogens (primary N) is 1. The van der Waals surface area contributed by atoms with Crippen molar-refractivity contribution in [1.29, 1.82) is 0 Å². The van der Waals surface area contributed by atoms with Crippen molar-refractivity contribution in [3.63, 3.8) is 0 Å². The number of anilines is 1. The van der Waals surface area contributed by atoms with E-state index in [1.54, 1.807) is 0 Å². The average molecular weight is 239 g/mol. The van der Waals surface area contributed by atoms with E-state index in [4.69, 9.17) is 10.5 Å². The summed E-state index contributed by atoms with van der Waals surface area (Å²) in [6.07, 6.45) is 2.46. The smallest absolute Gasteiger partial charge is 0.125 e. The van der Waals surface area contributed by atoms with Crippen molar-refractivity contribution in [3.05, 3.63) is 59.7 Å². The SMILES string of the molecule is Nc1cccc(OCc2ccccc2)c1C1CC1. The highest BCUT2D eigenvalue weighted by Gasteiger charge is 2.28. The van der Waals surface area contributed by atoms with Crippen molar-refractivity contribution in [2.75, 3.05) is 5.73 Å². The van der Waals surface area contributed by atoms with E-state index in [9.17, 15) is 0 Å². The lowest BCUT2D eigenvalue weighted by Gasteiger charge is -2.13. The Morgan fingerprint density at radius 1 is 1.00 bits per heavy atom. The summed E-state index contributed by atoms with van der Waals surface area (Å²) in [5.74, 6) is 1.55. The van der Waals surface area contributed by atoms with Gasteiger partial charge in [-0.3, -0.25) is 0 Å². The molecule has 0 amide bonds. The first-order chi connectivity index (χ1) is 8.84. The summed E-state index contributed by atoms with van der Waals surface area (Å²) in [5, 5.41) is 0. The Kier molecular flexibility index (Phi) is 2.93. The van der Waals surface area contributed by atoms with E-state index in [1.807, 2.05) is 36.4 Å². The fourth-order valence-corrected chi connectivity index (χ4v) is 2.23. The van der Waals surface area contributed by atoms with Crippen LogP contribution in [-0.2, 0) is 6.61 Å². The Labute approximate surface area is 107 Å². The first-order valence-corrected chi connectivity index (χ1v) is 6.39. The number of rotatable bonds is 4. The number of hydrogen-bond donors (Lipinski definition) is 1. The second-order valence-electron chi connectivity index (χ2n) is 4.81. The van der Waals surface area contributed by atoms with Crippen LogP contribution in [0.15, 0.2) is 48.5 Å². The minimum Gasteiger partial charge on any atom is -0.489 e. The van der Waals surface area contributed by atoms with Crippen molar-refractivity contribution in [1.82, 2.24) is 0 Å². The van der Waals surface area contributed by atoms with Crippen LogP contribution in [0.1, 0.15) is 29.9 Å². The summed E-state index contributed by atoms with van der Waals surface area (Å²) in [6, 6.07) is 16.2. The van der Waals surface area contributed by atoms with Gasteiger partial charge < -0.3 is 10.5 Å². The van der Waals surface area contributed by atoms with E-state index in [2.05, 4.69) is 12.1 Å². The molecule has 0 atom stereocenters. The van der Waals surface area contributed by atoms with E-state index in [-0.39, 0.29) is 0 Å². The predicted octanol–water partition coefficient (Wildman–Crippen LogP) is 3.73. The number of ether oxygens (including phenoxy) is 1. The van der Waals surface area contributed by atoms with Crippen LogP contribution < -0.4 is 10.5 Å². The highest BCUT2D eigenvalue weighted by molar-refractivity contribution is 5.57. The van der Waals surface area contributed by atoms with Crippen LogP contribution in [0, 0.1) is 0 Å². The molecule has 2 aromatic rings. The largest absolute Gasteiger partial charge is 0.489 e. The van der Waals surface area contributed by atoms with Gasteiger partial charge in [-0.05, 0) is 36.5 Å². The van der Waals surface area contributed by atoms with Gasteiger partial charge in [-0.15, -0.1) is 0 Å². The maximum atomic E-state index is 6.05. The molecule has 92 valence electrons. The lowest BCUT2D eigenvalue weighted by atomic mass is 10.1. The van der Waals surface area contributed by atoms with Gasteiger partial charge in [0.2, 0.25) is 0 Å². The molecule has 0 unspecified atom stereocenters. The molecular formula is C16H17NO. The third kappa shape index (κ3) is 2.33. The molecule has 2 heteroatoms. The summed E-state index contributed by atoms with van der Waals surface area (Å²) in [6.45, 7) is 0.601. The summed E-state index contributed by atoms with van der Waals surface area (Å²) in [7, 11) is 0. The minimum absolute atomic E-state index is 0.601. The maximum Gasteiger partial charge on any atom is 0.125 e. The van der Waals surface area contributed by atoms with Gasteiger partial charge in [0, 0.05) is 11.3 Å². The molecule has 0 aromatic heterocycles. The molecule has 2 N–H and O–H groups in total. The van der Waals surface area contributed by atoms with Crippen LogP contribution in [-0.4, -0.2) is 0 Å². The molecule has 1 fully saturated rings. The zero-order chi connectivity index (χ0) is 12.4. The Morgan fingerprint density at radius 3 is 2.50 bits per heavy atom. The Balaban J connectivity index is 1.78. The molecule has 2 nitrogen and oxygen atoms in total. The number of benzene rings is 2. The topological polar surface area (TPSA) is 35.2 Å². The summed E-state index contributed by atoms with van der Waals surface area (Å²) in [5.41, 5.74) is 9.30. The number of hydrogen-bond acceptors (Lipinski definition) is 2. The van der Waals surface area contributed by atoms with Gasteiger partial charge in [0.25, 0.3) is 0 Å². The fraction of sp³-hybridized carbons (Fsp3) is 0.250. The van der Waals surface area contributed by atoms with Crippen LogP contribution in [0.3, 0.4) is 0 Å². The second-order valence-corrected chi connectivity index (χ2v) is 4.81. The Morgan fingerprint density at radius 2 is 1.78 bits per heavy atom.